The molecule has 2 saturated heterocycles. The van der Waals surface area contributed by atoms with Crippen LogP contribution >= 0.6 is 0 Å². The lowest BCUT2D eigenvalue weighted by Crippen LogP contribution is -2.41. The van der Waals surface area contributed by atoms with E-state index in [0.29, 0.717) is 25.3 Å². The number of carbonyl (C=O) groups is 2. The van der Waals surface area contributed by atoms with E-state index >= 15 is 0 Å². The number of rotatable bonds is 5. The van der Waals surface area contributed by atoms with Crippen molar-refractivity contribution < 1.29 is 28.4 Å². The lowest BCUT2D eigenvalue weighted by Gasteiger charge is -2.32. The zero-order chi connectivity index (χ0) is 24.6. The van der Waals surface area contributed by atoms with Crippen molar-refractivity contribution in [1.82, 2.24) is 10.2 Å². The summed E-state index contributed by atoms with van der Waals surface area (Å²) < 4.78 is 23.1. The molecule has 182 valence electrons. The van der Waals surface area contributed by atoms with Crippen LogP contribution in [0.2, 0.25) is 0 Å². The van der Waals surface area contributed by atoms with Gasteiger partial charge in [-0.3, -0.25) is 4.79 Å². The molecule has 2 fully saturated rings. The van der Waals surface area contributed by atoms with E-state index in [9.17, 15) is 9.59 Å². The average Bonchev–Trinajstić information content (AvgIpc) is 3.22. The molecule has 1 aromatic carbocycles. The van der Waals surface area contributed by atoms with E-state index in [0.717, 1.165) is 11.0 Å². The standard InChI is InChI=1S/C24H37BN2O6/c1-22(2,3)31-21(29)26-18-11-12-27(15-18)20(28)13-16-9-10-17(14-19(16)30-8)25-32-23(4,5)24(6,7)33-25/h9-10,14,18H,11-13,15H2,1-8H3,(H,26,29)/t18-/m1/s1. The number of ether oxygens (including phenoxy) is 2. The van der Waals surface area contributed by atoms with Crippen molar-refractivity contribution in [3.8, 4) is 5.75 Å². The Morgan fingerprint density at radius 2 is 1.82 bits per heavy atom. The van der Waals surface area contributed by atoms with Crippen molar-refractivity contribution in [1.29, 1.82) is 0 Å². The molecule has 0 bridgehead atoms. The minimum absolute atomic E-state index is 0.00910. The lowest BCUT2D eigenvalue weighted by atomic mass is 9.78. The number of carbonyl (C=O) groups excluding carboxylic acids is 2. The Morgan fingerprint density at radius 1 is 1.18 bits per heavy atom. The normalized spacial score (nSPS) is 21.8. The van der Waals surface area contributed by atoms with Gasteiger partial charge in [0.15, 0.2) is 0 Å². The first kappa shape index (κ1) is 25.4. The molecule has 2 heterocycles. The summed E-state index contributed by atoms with van der Waals surface area (Å²) in [5.41, 5.74) is 0.232. The molecule has 0 unspecified atom stereocenters. The second-order valence-corrected chi connectivity index (χ2v) is 10.8. The van der Waals surface area contributed by atoms with Gasteiger partial charge in [-0.2, -0.15) is 0 Å². The molecule has 2 aliphatic rings. The van der Waals surface area contributed by atoms with Gasteiger partial charge >= 0.3 is 13.2 Å². The molecule has 0 aromatic heterocycles. The van der Waals surface area contributed by atoms with E-state index in [1.165, 1.54) is 0 Å². The summed E-state index contributed by atoms with van der Waals surface area (Å²) >= 11 is 0. The number of amides is 2. The molecule has 3 rings (SSSR count). The molecule has 2 aliphatic heterocycles. The quantitative estimate of drug-likeness (QED) is 0.681. The highest BCUT2D eigenvalue weighted by Crippen LogP contribution is 2.36. The Kier molecular flexibility index (Phi) is 7.06. The maximum atomic E-state index is 12.9. The highest BCUT2D eigenvalue weighted by molar-refractivity contribution is 6.62. The average molecular weight is 460 g/mol. The number of methoxy groups -OCH3 is 1. The third-order valence-corrected chi connectivity index (χ3v) is 6.44. The molecule has 2 amide bonds. The number of nitrogens with one attached hydrogen (secondary N) is 1. The van der Waals surface area contributed by atoms with Crippen molar-refractivity contribution in [3.63, 3.8) is 0 Å². The Morgan fingerprint density at radius 3 is 2.39 bits per heavy atom. The van der Waals surface area contributed by atoms with E-state index in [4.69, 9.17) is 18.8 Å². The van der Waals surface area contributed by atoms with E-state index < -0.39 is 30.0 Å². The zero-order valence-electron chi connectivity index (χ0n) is 21.1. The second kappa shape index (κ2) is 9.18. The molecule has 1 N–H and O–H groups in total. The molecule has 1 aromatic rings. The first-order valence-electron chi connectivity index (χ1n) is 11.5. The Balaban J connectivity index is 1.61. The van der Waals surface area contributed by atoms with Gasteiger partial charge in [0.2, 0.25) is 5.91 Å². The molecule has 0 saturated carbocycles. The smallest absolute Gasteiger partial charge is 0.494 e. The van der Waals surface area contributed by atoms with Gasteiger partial charge in [0, 0.05) is 18.7 Å². The topological polar surface area (TPSA) is 86.3 Å². The van der Waals surface area contributed by atoms with E-state index in [1.54, 1.807) is 12.0 Å². The number of benzene rings is 1. The van der Waals surface area contributed by atoms with Gasteiger partial charge in [0.25, 0.3) is 0 Å². The summed E-state index contributed by atoms with van der Waals surface area (Å²) in [4.78, 5) is 26.7. The van der Waals surface area contributed by atoms with Crippen molar-refractivity contribution >= 4 is 24.6 Å². The molecule has 9 heteroatoms. The monoisotopic (exact) mass is 460 g/mol. The highest BCUT2D eigenvalue weighted by atomic mass is 16.7. The van der Waals surface area contributed by atoms with Gasteiger partial charge in [-0.15, -0.1) is 0 Å². The molecule has 33 heavy (non-hydrogen) atoms. The summed E-state index contributed by atoms with van der Waals surface area (Å²) in [5.74, 6) is 0.614. The predicted octanol–water partition coefficient (Wildman–Crippen LogP) is 2.66. The first-order valence-corrected chi connectivity index (χ1v) is 11.5. The second-order valence-electron chi connectivity index (χ2n) is 10.8. The first-order chi connectivity index (χ1) is 15.2. The maximum absolute atomic E-state index is 12.9. The molecule has 0 spiro atoms. The minimum Gasteiger partial charge on any atom is -0.496 e. The molecule has 0 aliphatic carbocycles. The van der Waals surface area contributed by atoms with Crippen LogP contribution in [0.25, 0.3) is 0 Å². The van der Waals surface area contributed by atoms with Crippen LogP contribution in [0.5, 0.6) is 5.75 Å². The summed E-state index contributed by atoms with van der Waals surface area (Å²) in [7, 11) is 1.10. The van der Waals surface area contributed by atoms with Crippen LogP contribution in [0.4, 0.5) is 4.79 Å². The third kappa shape index (κ3) is 6.01. The van der Waals surface area contributed by atoms with E-state index in [-0.39, 0.29) is 18.4 Å². The molecule has 8 nitrogen and oxygen atoms in total. The van der Waals surface area contributed by atoms with Crippen molar-refractivity contribution in [2.45, 2.75) is 84.2 Å². The summed E-state index contributed by atoms with van der Waals surface area (Å²) in [6.45, 7) is 14.6. The number of nitrogens with zero attached hydrogens (tertiary/aromatic N) is 1. The number of hydrogen-bond donors (Lipinski definition) is 1. The fourth-order valence-corrected chi connectivity index (χ4v) is 3.89. The van der Waals surface area contributed by atoms with Crippen molar-refractivity contribution in [2.75, 3.05) is 20.2 Å². The number of likely N-dealkylation sites (tertiary alicyclic amines) is 1. The lowest BCUT2D eigenvalue weighted by molar-refractivity contribution is -0.129. The summed E-state index contributed by atoms with van der Waals surface area (Å²) in [5, 5.41) is 2.85. The third-order valence-electron chi connectivity index (χ3n) is 6.44. The van der Waals surface area contributed by atoms with Gasteiger partial charge in [-0.1, -0.05) is 12.1 Å². The van der Waals surface area contributed by atoms with Gasteiger partial charge in [-0.05, 0) is 66.4 Å². The highest BCUT2D eigenvalue weighted by Gasteiger charge is 2.51. The molecule has 1 atom stereocenters. The Bertz CT molecular complexity index is 879. The molecular formula is C24H37BN2O6. The van der Waals surface area contributed by atoms with Crippen LogP contribution < -0.4 is 15.5 Å². The van der Waals surface area contributed by atoms with Gasteiger partial charge in [-0.25, -0.2) is 4.79 Å². The zero-order valence-corrected chi connectivity index (χ0v) is 21.1. The summed E-state index contributed by atoms with van der Waals surface area (Å²) in [6.07, 6.45) is 0.455. The predicted molar refractivity (Wildman–Crippen MR) is 127 cm³/mol. The van der Waals surface area contributed by atoms with Crippen LogP contribution in [0.1, 0.15) is 60.5 Å². The number of alkyl carbamates (subject to hydrolysis) is 1. The van der Waals surface area contributed by atoms with Gasteiger partial charge in [0.05, 0.1) is 30.8 Å². The minimum atomic E-state index is -0.555. The van der Waals surface area contributed by atoms with Crippen molar-refractivity contribution in [3.05, 3.63) is 23.8 Å². The van der Waals surface area contributed by atoms with Gasteiger partial charge < -0.3 is 29.0 Å². The van der Waals surface area contributed by atoms with Crippen LogP contribution in [0.3, 0.4) is 0 Å². The van der Waals surface area contributed by atoms with E-state index in [2.05, 4.69) is 5.32 Å². The van der Waals surface area contributed by atoms with Gasteiger partial charge in [0.1, 0.15) is 11.4 Å². The van der Waals surface area contributed by atoms with Crippen LogP contribution in [0.15, 0.2) is 18.2 Å². The summed E-state index contributed by atoms with van der Waals surface area (Å²) in [6, 6.07) is 5.58. The maximum Gasteiger partial charge on any atom is 0.494 e. The van der Waals surface area contributed by atoms with Crippen LogP contribution in [0, 0.1) is 0 Å². The SMILES string of the molecule is COc1cc(B2OC(C)(C)C(C)(C)O2)ccc1CC(=O)N1CC[C@@H](NC(=O)OC(C)(C)C)C1. The van der Waals surface area contributed by atoms with Crippen LogP contribution in [-0.2, 0) is 25.3 Å². The number of hydrogen-bond acceptors (Lipinski definition) is 6. The molecular weight excluding hydrogens is 423 g/mol. The largest absolute Gasteiger partial charge is 0.496 e. The fourth-order valence-electron chi connectivity index (χ4n) is 3.89. The van der Waals surface area contributed by atoms with E-state index in [1.807, 2.05) is 66.7 Å². The Hall–Kier alpha value is -2.26. The fraction of sp³-hybridized carbons (Fsp3) is 0.667. The molecule has 0 radical (unpaired) electrons. The Labute approximate surface area is 197 Å². The van der Waals surface area contributed by atoms with Crippen molar-refractivity contribution in [2.24, 2.45) is 0 Å². The van der Waals surface area contributed by atoms with Crippen LogP contribution in [-0.4, -0.2) is 67.1 Å².